The summed E-state index contributed by atoms with van der Waals surface area (Å²) in [6.45, 7) is 0.607. The van der Waals surface area contributed by atoms with Crippen molar-refractivity contribution in [2.45, 2.75) is 32.2 Å². The average molecular weight is 354 g/mol. The summed E-state index contributed by atoms with van der Waals surface area (Å²) >= 11 is 6.05. The Bertz CT molecular complexity index is 807. The van der Waals surface area contributed by atoms with Crippen LogP contribution in [0.2, 0.25) is 5.02 Å². The molecule has 4 nitrogen and oxygen atoms in total. The molecule has 1 amide bonds. The molecule has 0 unspecified atom stereocenters. The number of nitriles is 1. The maximum Gasteiger partial charge on any atom is 0.227 e. The van der Waals surface area contributed by atoms with Gasteiger partial charge in [-0.3, -0.25) is 4.79 Å². The van der Waals surface area contributed by atoms with Crippen molar-refractivity contribution in [1.29, 1.82) is 5.26 Å². The number of hydrogen-bond acceptors (Lipinski definition) is 3. The highest BCUT2D eigenvalue weighted by Gasteiger charge is 2.22. The summed E-state index contributed by atoms with van der Waals surface area (Å²) in [7, 11) is 0. The Morgan fingerprint density at radius 3 is 2.68 bits per heavy atom. The van der Waals surface area contributed by atoms with Crippen LogP contribution < -0.4 is 10.6 Å². The molecule has 1 aliphatic rings. The van der Waals surface area contributed by atoms with Crippen molar-refractivity contribution in [3.63, 3.8) is 0 Å². The summed E-state index contributed by atoms with van der Waals surface area (Å²) < 4.78 is 0. The number of nitrogens with zero attached hydrogens (tertiary/aromatic N) is 1. The molecule has 0 aliphatic heterocycles. The fourth-order valence-corrected chi connectivity index (χ4v) is 3.33. The van der Waals surface area contributed by atoms with Crippen LogP contribution in [0.4, 0.5) is 11.4 Å². The lowest BCUT2D eigenvalue weighted by Gasteiger charge is -2.12. The number of carbonyl (C=O) groups is 1. The Morgan fingerprint density at radius 1 is 1.16 bits per heavy atom. The van der Waals surface area contributed by atoms with Gasteiger partial charge in [0.15, 0.2) is 0 Å². The van der Waals surface area contributed by atoms with Crippen molar-refractivity contribution >= 4 is 28.9 Å². The molecule has 0 bridgehead atoms. The summed E-state index contributed by atoms with van der Waals surface area (Å²) in [6.07, 6.45) is 4.28. The van der Waals surface area contributed by atoms with Gasteiger partial charge in [-0.05, 0) is 48.7 Å². The van der Waals surface area contributed by atoms with Crippen LogP contribution in [-0.2, 0) is 11.3 Å². The van der Waals surface area contributed by atoms with Crippen molar-refractivity contribution in [1.82, 2.24) is 0 Å². The standard InChI is InChI=1S/C20H20ClN3O/c21-19-11-17(9-8-16(19)12-22)23-13-14-4-3-7-18(10-14)24-20(25)15-5-1-2-6-15/h3-4,7-11,15,23H,1-2,5-6,13H2,(H,24,25). The molecule has 1 aliphatic carbocycles. The van der Waals surface area contributed by atoms with Gasteiger partial charge in [-0.25, -0.2) is 0 Å². The fourth-order valence-electron chi connectivity index (χ4n) is 3.11. The SMILES string of the molecule is N#Cc1ccc(NCc2cccc(NC(=O)C3CCCC3)c2)cc1Cl. The number of anilines is 2. The minimum Gasteiger partial charge on any atom is -0.381 e. The predicted molar refractivity (Wildman–Crippen MR) is 101 cm³/mol. The van der Waals surface area contributed by atoms with Crippen LogP contribution in [-0.4, -0.2) is 5.91 Å². The van der Waals surface area contributed by atoms with E-state index in [0.717, 1.165) is 42.6 Å². The molecule has 0 aromatic heterocycles. The summed E-state index contributed by atoms with van der Waals surface area (Å²) in [5.41, 5.74) is 3.20. The Labute approximate surface area is 152 Å². The summed E-state index contributed by atoms with van der Waals surface area (Å²) in [5, 5.41) is 15.6. The van der Waals surface area contributed by atoms with Crippen molar-refractivity contribution in [2.24, 2.45) is 5.92 Å². The van der Waals surface area contributed by atoms with Crippen molar-refractivity contribution < 1.29 is 4.79 Å². The zero-order valence-corrected chi connectivity index (χ0v) is 14.6. The normalized spacial score (nSPS) is 14.1. The molecule has 5 heteroatoms. The quantitative estimate of drug-likeness (QED) is 0.799. The highest BCUT2D eigenvalue weighted by molar-refractivity contribution is 6.32. The molecule has 3 rings (SSSR count). The summed E-state index contributed by atoms with van der Waals surface area (Å²) in [4.78, 5) is 12.2. The highest BCUT2D eigenvalue weighted by atomic mass is 35.5. The highest BCUT2D eigenvalue weighted by Crippen LogP contribution is 2.26. The summed E-state index contributed by atoms with van der Waals surface area (Å²) in [6, 6.07) is 15.1. The van der Waals surface area contributed by atoms with Crippen LogP contribution in [0.1, 0.15) is 36.8 Å². The number of hydrogen-bond donors (Lipinski definition) is 2. The molecule has 0 spiro atoms. The third-order valence-corrected chi connectivity index (χ3v) is 4.82. The first kappa shape index (κ1) is 17.3. The number of benzene rings is 2. The van der Waals surface area contributed by atoms with E-state index in [1.807, 2.05) is 36.4 Å². The van der Waals surface area contributed by atoms with E-state index >= 15 is 0 Å². The molecule has 0 saturated heterocycles. The number of halogens is 1. The van der Waals surface area contributed by atoms with Gasteiger partial charge in [0.2, 0.25) is 5.91 Å². The zero-order chi connectivity index (χ0) is 17.6. The van der Waals surface area contributed by atoms with Gasteiger partial charge in [-0.15, -0.1) is 0 Å². The van der Waals surface area contributed by atoms with Gasteiger partial charge in [0.25, 0.3) is 0 Å². The first-order chi connectivity index (χ1) is 12.2. The minimum absolute atomic E-state index is 0.126. The van der Waals surface area contributed by atoms with Gasteiger partial charge in [0.1, 0.15) is 6.07 Å². The zero-order valence-electron chi connectivity index (χ0n) is 13.9. The minimum atomic E-state index is 0.126. The van der Waals surface area contributed by atoms with Crippen LogP contribution in [0.5, 0.6) is 0 Å². The van der Waals surface area contributed by atoms with Crippen LogP contribution in [0, 0.1) is 17.2 Å². The lowest BCUT2D eigenvalue weighted by atomic mass is 10.1. The van der Waals surface area contributed by atoms with Gasteiger partial charge in [0, 0.05) is 23.8 Å². The third-order valence-electron chi connectivity index (χ3n) is 4.51. The molecule has 2 N–H and O–H groups in total. The lowest BCUT2D eigenvalue weighted by Crippen LogP contribution is -2.20. The monoisotopic (exact) mass is 353 g/mol. The molecular weight excluding hydrogens is 334 g/mol. The van der Waals surface area contributed by atoms with E-state index in [1.165, 1.54) is 0 Å². The van der Waals surface area contributed by atoms with E-state index < -0.39 is 0 Å². The second-order valence-corrected chi connectivity index (χ2v) is 6.74. The summed E-state index contributed by atoms with van der Waals surface area (Å²) in [5.74, 6) is 0.282. The van der Waals surface area contributed by atoms with Gasteiger partial charge in [-0.1, -0.05) is 36.6 Å². The fraction of sp³-hybridized carbons (Fsp3) is 0.300. The van der Waals surface area contributed by atoms with Crippen LogP contribution >= 0.6 is 11.6 Å². The number of rotatable bonds is 5. The molecule has 1 fully saturated rings. The van der Waals surface area contributed by atoms with Crippen LogP contribution in [0.25, 0.3) is 0 Å². The van der Waals surface area contributed by atoms with E-state index in [2.05, 4.69) is 10.6 Å². The maximum absolute atomic E-state index is 12.2. The smallest absolute Gasteiger partial charge is 0.227 e. The van der Waals surface area contributed by atoms with Crippen molar-refractivity contribution in [3.05, 3.63) is 58.6 Å². The molecular formula is C20H20ClN3O. The number of nitrogens with one attached hydrogen (secondary N) is 2. The number of carbonyl (C=O) groups excluding carboxylic acids is 1. The maximum atomic E-state index is 12.2. The van der Waals surface area contributed by atoms with E-state index in [4.69, 9.17) is 16.9 Å². The second kappa shape index (κ2) is 8.04. The largest absolute Gasteiger partial charge is 0.381 e. The Hall–Kier alpha value is -2.51. The molecule has 0 atom stereocenters. The molecule has 25 heavy (non-hydrogen) atoms. The molecule has 128 valence electrons. The Balaban J connectivity index is 1.60. The van der Waals surface area contributed by atoms with Gasteiger partial charge < -0.3 is 10.6 Å². The van der Waals surface area contributed by atoms with E-state index in [1.54, 1.807) is 12.1 Å². The van der Waals surface area contributed by atoms with Gasteiger partial charge in [-0.2, -0.15) is 5.26 Å². The molecule has 2 aromatic carbocycles. The first-order valence-corrected chi connectivity index (χ1v) is 8.87. The van der Waals surface area contributed by atoms with Gasteiger partial charge >= 0.3 is 0 Å². The van der Waals surface area contributed by atoms with Crippen LogP contribution in [0.15, 0.2) is 42.5 Å². The Morgan fingerprint density at radius 2 is 1.96 bits per heavy atom. The van der Waals surface area contributed by atoms with E-state index in [9.17, 15) is 4.79 Å². The van der Waals surface area contributed by atoms with Gasteiger partial charge in [0.05, 0.1) is 10.6 Å². The van der Waals surface area contributed by atoms with E-state index in [0.29, 0.717) is 17.1 Å². The van der Waals surface area contributed by atoms with E-state index in [-0.39, 0.29) is 11.8 Å². The molecule has 1 saturated carbocycles. The average Bonchev–Trinajstić information content (AvgIpc) is 3.15. The lowest BCUT2D eigenvalue weighted by molar-refractivity contribution is -0.119. The third kappa shape index (κ3) is 4.52. The molecule has 2 aromatic rings. The van der Waals surface area contributed by atoms with Crippen molar-refractivity contribution in [2.75, 3.05) is 10.6 Å². The number of amides is 1. The predicted octanol–water partition coefficient (Wildman–Crippen LogP) is 4.95. The first-order valence-electron chi connectivity index (χ1n) is 8.49. The molecule has 0 heterocycles. The topological polar surface area (TPSA) is 64.9 Å². The molecule has 0 radical (unpaired) electrons. The van der Waals surface area contributed by atoms with Crippen molar-refractivity contribution in [3.8, 4) is 6.07 Å². The van der Waals surface area contributed by atoms with Crippen LogP contribution in [0.3, 0.4) is 0 Å². The Kier molecular flexibility index (Phi) is 5.57. The second-order valence-electron chi connectivity index (χ2n) is 6.33.